The molecule has 2 aromatic rings. The molecule has 0 saturated carbocycles. The van der Waals surface area contributed by atoms with Gasteiger partial charge in [-0.2, -0.15) is 18.3 Å². The van der Waals surface area contributed by atoms with Crippen molar-refractivity contribution in [3.05, 3.63) is 47.3 Å². The molecule has 0 aliphatic heterocycles. The molecule has 1 heterocycles. The third-order valence-electron chi connectivity index (χ3n) is 2.72. The average molecular weight is 313 g/mol. The van der Waals surface area contributed by atoms with Crippen LogP contribution in [0.2, 0.25) is 0 Å². The molecule has 0 saturated heterocycles. The molecule has 0 atom stereocenters. The molecule has 2 rings (SSSR count). The lowest BCUT2D eigenvalue weighted by atomic mass is 10.2. The molecule has 0 spiro atoms. The van der Waals surface area contributed by atoms with Gasteiger partial charge in [0, 0.05) is 18.9 Å². The predicted octanol–water partition coefficient (Wildman–Crippen LogP) is 2.39. The number of benzene rings is 1. The first-order valence-corrected chi connectivity index (χ1v) is 5.94. The van der Waals surface area contributed by atoms with E-state index >= 15 is 0 Å². The van der Waals surface area contributed by atoms with Gasteiger partial charge in [0.2, 0.25) is 0 Å². The van der Waals surface area contributed by atoms with Gasteiger partial charge in [0.1, 0.15) is 0 Å². The number of hydrogen-bond acceptors (Lipinski definition) is 3. The maximum atomic E-state index is 12.6. The van der Waals surface area contributed by atoms with Gasteiger partial charge in [-0.05, 0) is 18.2 Å². The molecule has 1 aromatic heterocycles. The normalized spacial score (nSPS) is 11.3. The van der Waals surface area contributed by atoms with Crippen LogP contribution in [0.1, 0.15) is 26.4 Å². The number of aromatic carboxylic acids is 1. The molecule has 1 amide bonds. The number of aromatic nitrogens is 2. The molecule has 0 aliphatic carbocycles. The number of aryl methyl sites for hydroxylation is 1. The summed E-state index contributed by atoms with van der Waals surface area (Å²) in [6.07, 6.45) is -3.37. The lowest BCUT2D eigenvalue weighted by Crippen LogP contribution is -2.16. The Morgan fingerprint density at radius 3 is 2.59 bits per heavy atom. The first-order chi connectivity index (χ1) is 10.2. The van der Waals surface area contributed by atoms with E-state index in [1.54, 1.807) is 0 Å². The van der Waals surface area contributed by atoms with Crippen LogP contribution >= 0.6 is 0 Å². The molecule has 0 radical (unpaired) electrons. The van der Waals surface area contributed by atoms with Gasteiger partial charge < -0.3 is 10.4 Å². The Kier molecular flexibility index (Phi) is 3.89. The molecular weight excluding hydrogens is 303 g/mol. The fourth-order valence-corrected chi connectivity index (χ4v) is 1.78. The van der Waals surface area contributed by atoms with Crippen LogP contribution in [0, 0.1) is 0 Å². The van der Waals surface area contributed by atoms with Gasteiger partial charge in [-0.15, -0.1) is 0 Å². The van der Waals surface area contributed by atoms with Crippen LogP contribution in [-0.2, 0) is 13.2 Å². The molecular formula is C13H10F3N3O3. The Balaban J connectivity index is 2.28. The summed E-state index contributed by atoms with van der Waals surface area (Å²) in [5.41, 5.74) is -1.74. The van der Waals surface area contributed by atoms with E-state index in [9.17, 15) is 22.8 Å². The number of carbonyl (C=O) groups excluding carboxylic acids is 1. The van der Waals surface area contributed by atoms with Crippen LogP contribution in [-0.4, -0.2) is 26.8 Å². The van der Waals surface area contributed by atoms with Crippen molar-refractivity contribution in [1.29, 1.82) is 0 Å². The molecule has 0 unspecified atom stereocenters. The van der Waals surface area contributed by atoms with E-state index in [0.717, 1.165) is 22.9 Å². The number of carbonyl (C=O) groups is 2. The zero-order chi connectivity index (χ0) is 16.5. The zero-order valence-corrected chi connectivity index (χ0v) is 11.2. The first kappa shape index (κ1) is 15.5. The smallest absolute Gasteiger partial charge is 0.416 e. The number of amides is 1. The molecule has 0 fully saturated rings. The number of rotatable bonds is 3. The molecule has 1 aromatic carbocycles. The van der Waals surface area contributed by atoms with Crippen molar-refractivity contribution in [3.63, 3.8) is 0 Å². The van der Waals surface area contributed by atoms with E-state index in [1.807, 2.05) is 0 Å². The van der Waals surface area contributed by atoms with Crippen LogP contribution < -0.4 is 5.32 Å². The summed E-state index contributed by atoms with van der Waals surface area (Å²) < 4.78 is 38.9. The number of nitrogens with one attached hydrogen (secondary N) is 1. The molecule has 6 nitrogen and oxygen atoms in total. The first-order valence-electron chi connectivity index (χ1n) is 5.94. The minimum atomic E-state index is -4.54. The summed E-state index contributed by atoms with van der Waals surface area (Å²) in [6, 6.07) is 4.03. The Bertz CT molecular complexity index is 738. The van der Waals surface area contributed by atoms with Crippen molar-refractivity contribution in [3.8, 4) is 0 Å². The summed E-state index contributed by atoms with van der Waals surface area (Å²) in [5.74, 6) is -2.26. The lowest BCUT2D eigenvalue weighted by molar-refractivity contribution is -0.137. The lowest BCUT2D eigenvalue weighted by Gasteiger charge is -2.09. The highest BCUT2D eigenvalue weighted by Gasteiger charge is 2.30. The fourth-order valence-electron chi connectivity index (χ4n) is 1.78. The average Bonchev–Trinajstić information content (AvgIpc) is 2.80. The highest BCUT2D eigenvalue weighted by Crippen LogP contribution is 2.30. The standard InChI is InChI=1S/C13H10F3N3O3/c1-19-6-9(10(18-19)12(21)22)11(20)17-8-4-2-3-7(5-8)13(14,15)16/h2-6H,1H3,(H,17,20)(H,21,22). The van der Waals surface area contributed by atoms with Crippen LogP contribution in [0.15, 0.2) is 30.5 Å². The zero-order valence-electron chi connectivity index (χ0n) is 11.2. The summed E-state index contributed by atoms with van der Waals surface area (Å²) in [4.78, 5) is 23.0. The van der Waals surface area contributed by atoms with Crippen LogP contribution in [0.3, 0.4) is 0 Å². The third kappa shape index (κ3) is 3.25. The number of carboxylic acid groups (broad SMARTS) is 1. The third-order valence-corrected chi connectivity index (χ3v) is 2.72. The van der Waals surface area contributed by atoms with Crippen LogP contribution in [0.4, 0.5) is 18.9 Å². The van der Waals surface area contributed by atoms with Crippen LogP contribution in [0.25, 0.3) is 0 Å². The SMILES string of the molecule is Cn1cc(C(=O)Nc2cccc(C(F)(F)F)c2)c(C(=O)O)n1. The minimum Gasteiger partial charge on any atom is -0.476 e. The van der Waals surface area contributed by atoms with Crippen LogP contribution in [0.5, 0.6) is 0 Å². The van der Waals surface area contributed by atoms with Crippen molar-refractivity contribution in [1.82, 2.24) is 9.78 Å². The maximum absolute atomic E-state index is 12.6. The van der Waals surface area contributed by atoms with Gasteiger partial charge in [-0.25, -0.2) is 4.79 Å². The number of halogens is 3. The molecule has 2 N–H and O–H groups in total. The van der Waals surface area contributed by atoms with Gasteiger partial charge in [0.25, 0.3) is 5.91 Å². The highest BCUT2D eigenvalue weighted by molar-refractivity contribution is 6.09. The van der Waals surface area contributed by atoms with E-state index in [2.05, 4.69) is 10.4 Å². The second-order valence-electron chi connectivity index (χ2n) is 4.40. The molecule has 0 bridgehead atoms. The van der Waals surface area contributed by atoms with E-state index < -0.39 is 29.3 Å². The molecule has 0 aliphatic rings. The van der Waals surface area contributed by atoms with Crippen molar-refractivity contribution < 1.29 is 27.9 Å². The fraction of sp³-hybridized carbons (Fsp3) is 0.154. The summed E-state index contributed by atoms with van der Waals surface area (Å²) in [5, 5.41) is 14.8. The molecule has 9 heteroatoms. The number of alkyl halides is 3. The Labute approximate surface area is 122 Å². The summed E-state index contributed by atoms with van der Waals surface area (Å²) >= 11 is 0. The van der Waals surface area contributed by atoms with Crippen molar-refractivity contribution in [2.45, 2.75) is 6.18 Å². The highest BCUT2D eigenvalue weighted by atomic mass is 19.4. The Hall–Kier alpha value is -2.84. The van der Waals surface area contributed by atoms with Crippen molar-refractivity contribution in [2.75, 3.05) is 5.32 Å². The maximum Gasteiger partial charge on any atom is 0.416 e. The quantitative estimate of drug-likeness (QED) is 0.911. The van der Waals surface area contributed by atoms with Gasteiger partial charge in [0.05, 0.1) is 11.1 Å². The van der Waals surface area contributed by atoms with Gasteiger partial charge in [-0.1, -0.05) is 6.07 Å². The number of anilines is 1. The number of nitrogens with zero attached hydrogens (tertiary/aromatic N) is 2. The van der Waals surface area contributed by atoms with E-state index in [1.165, 1.54) is 19.3 Å². The van der Waals surface area contributed by atoms with Gasteiger partial charge in [0.15, 0.2) is 5.69 Å². The van der Waals surface area contributed by atoms with E-state index in [-0.39, 0.29) is 11.3 Å². The Morgan fingerprint density at radius 1 is 1.32 bits per heavy atom. The topological polar surface area (TPSA) is 84.2 Å². The number of hydrogen-bond donors (Lipinski definition) is 2. The second kappa shape index (κ2) is 5.51. The van der Waals surface area contributed by atoms with E-state index in [0.29, 0.717) is 0 Å². The second-order valence-corrected chi connectivity index (χ2v) is 4.40. The van der Waals surface area contributed by atoms with E-state index in [4.69, 9.17) is 5.11 Å². The molecule has 116 valence electrons. The van der Waals surface area contributed by atoms with Gasteiger partial charge >= 0.3 is 12.1 Å². The Morgan fingerprint density at radius 2 is 2.00 bits per heavy atom. The van der Waals surface area contributed by atoms with Crippen molar-refractivity contribution >= 4 is 17.6 Å². The summed E-state index contributed by atoms with van der Waals surface area (Å²) in [7, 11) is 1.42. The largest absolute Gasteiger partial charge is 0.476 e. The summed E-state index contributed by atoms with van der Waals surface area (Å²) in [6.45, 7) is 0. The van der Waals surface area contributed by atoms with Crippen molar-refractivity contribution in [2.24, 2.45) is 7.05 Å². The minimum absolute atomic E-state index is 0.0972. The predicted molar refractivity (Wildman–Crippen MR) is 69.6 cm³/mol. The molecule has 22 heavy (non-hydrogen) atoms. The number of carboxylic acids is 1. The monoisotopic (exact) mass is 313 g/mol. The van der Waals surface area contributed by atoms with Gasteiger partial charge in [-0.3, -0.25) is 9.48 Å².